The number of nitrogens with zero attached hydrogens (tertiary/aromatic N) is 4. The third-order valence-electron chi connectivity index (χ3n) is 6.36. The van der Waals surface area contributed by atoms with Gasteiger partial charge in [0.1, 0.15) is 11.5 Å². The molecule has 39 heavy (non-hydrogen) atoms. The Labute approximate surface area is 218 Å². The second kappa shape index (κ2) is 9.46. The number of anilines is 1. The molecule has 0 radical (unpaired) electrons. The second-order valence-corrected chi connectivity index (χ2v) is 9.27. The molecule has 1 aliphatic carbocycles. The largest absolute Gasteiger partial charge is 0.493 e. The van der Waals surface area contributed by atoms with Gasteiger partial charge in [-0.2, -0.15) is 22.8 Å². The molecule has 6 rings (SSSR count). The van der Waals surface area contributed by atoms with Crippen molar-refractivity contribution in [1.82, 2.24) is 24.6 Å². The number of aromatic amines is 2. The Morgan fingerprint density at radius 2 is 1.95 bits per heavy atom. The molecule has 0 saturated heterocycles. The SMILES string of the molecule is O=c1[nH]c(O)c(C=c2cnn3c(=NC4CC4)cc(NCc4ccccc4-c4cccc(C(F)(F)F)c4)nc23)[nH]1. The molecule has 0 atom stereocenters. The number of benzene rings is 2. The summed E-state index contributed by atoms with van der Waals surface area (Å²) in [5.74, 6) is 0.186. The maximum Gasteiger partial charge on any atom is 0.416 e. The average molecular weight is 534 g/mol. The molecule has 5 aromatic rings. The van der Waals surface area contributed by atoms with E-state index in [1.165, 1.54) is 6.07 Å². The van der Waals surface area contributed by atoms with Gasteiger partial charge in [0.05, 0.1) is 17.8 Å². The molecule has 0 unspecified atom stereocenters. The monoisotopic (exact) mass is 533 g/mol. The molecule has 3 heterocycles. The fourth-order valence-corrected chi connectivity index (χ4v) is 4.29. The van der Waals surface area contributed by atoms with Gasteiger partial charge in [-0.15, -0.1) is 0 Å². The highest BCUT2D eigenvalue weighted by Crippen LogP contribution is 2.33. The second-order valence-electron chi connectivity index (χ2n) is 9.27. The van der Waals surface area contributed by atoms with E-state index in [-0.39, 0.29) is 24.2 Å². The zero-order valence-electron chi connectivity index (χ0n) is 20.3. The number of hydrogen-bond donors (Lipinski definition) is 4. The highest BCUT2D eigenvalue weighted by atomic mass is 19.4. The van der Waals surface area contributed by atoms with E-state index in [9.17, 15) is 23.1 Å². The topological polar surface area (TPSA) is 123 Å². The molecule has 1 aliphatic rings. The highest BCUT2D eigenvalue weighted by Gasteiger charge is 2.30. The van der Waals surface area contributed by atoms with Crippen LogP contribution in [0.3, 0.4) is 0 Å². The summed E-state index contributed by atoms with van der Waals surface area (Å²) in [4.78, 5) is 25.8. The van der Waals surface area contributed by atoms with E-state index in [0.29, 0.717) is 33.3 Å². The van der Waals surface area contributed by atoms with Crippen LogP contribution in [0.2, 0.25) is 0 Å². The normalized spacial score (nSPS) is 14.8. The van der Waals surface area contributed by atoms with Gasteiger partial charge < -0.3 is 15.4 Å². The summed E-state index contributed by atoms with van der Waals surface area (Å²) in [5, 5.41) is 18.2. The number of halogens is 3. The average Bonchev–Trinajstić information content (AvgIpc) is 3.55. The number of aromatic nitrogens is 5. The Morgan fingerprint density at radius 3 is 2.69 bits per heavy atom. The molecular weight excluding hydrogens is 511 g/mol. The van der Waals surface area contributed by atoms with Crippen molar-refractivity contribution < 1.29 is 18.3 Å². The minimum absolute atomic E-state index is 0.186. The van der Waals surface area contributed by atoms with Gasteiger partial charge in [-0.1, -0.05) is 36.4 Å². The summed E-state index contributed by atoms with van der Waals surface area (Å²) in [6.07, 6.45) is 0.640. The molecule has 0 amide bonds. The highest BCUT2D eigenvalue weighted by molar-refractivity contribution is 5.68. The van der Waals surface area contributed by atoms with Crippen LogP contribution in [0.4, 0.5) is 19.0 Å². The first-order valence-corrected chi connectivity index (χ1v) is 12.2. The van der Waals surface area contributed by atoms with Gasteiger partial charge in [0.25, 0.3) is 0 Å². The summed E-state index contributed by atoms with van der Waals surface area (Å²) in [6.45, 7) is 0.289. The van der Waals surface area contributed by atoms with Crippen molar-refractivity contribution in [2.24, 2.45) is 4.99 Å². The van der Waals surface area contributed by atoms with Gasteiger partial charge in [0.2, 0.25) is 5.88 Å². The standard InChI is InChI=1S/C27H22F3N7O2/c28-27(29,30)18-6-3-5-15(10-18)20-7-2-1-4-16(20)13-31-22-12-23(33-19-8-9-19)37-24(35-22)17(14-32-37)11-21-25(38)36-26(39)34-21/h1-7,10-12,14,19,31,38H,8-9,13H2,(H2,34,36,39). The van der Waals surface area contributed by atoms with E-state index >= 15 is 0 Å². The van der Waals surface area contributed by atoms with E-state index in [1.807, 2.05) is 12.1 Å². The van der Waals surface area contributed by atoms with Gasteiger partial charge in [-0.05, 0) is 47.7 Å². The molecule has 12 heteroatoms. The first-order chi connectivity index (χ1) is 18.7. The van der Waals surface area contributed by atoms with Gasteiger partial charge in [-0.25, -0.2) is 9.78 Å². The number of aromatic hydroxyl groups is 1. The van der Waals surface area contributed by atoms with E-state index in [0.717, 1.165) is 30.5 Å². The predicted octanol–water partition coefficient (Wildman–Crippen LogP) is 3.36. The first-order valence-electron chi connectivity index (χ1n) is 12.2. The Bertz CT molecular complexity index is 1870. The number of alkyl halides is 3. The summed E-state index contributed by atoms with van der Waals surface area (Å²) in [5.41, 5.74) is 1.89. The maximum absolute atomic E-state index is 13.3. The van der Waals surface area contributed by atoms with Crippen LogP contribution in [0.5, 0.6) is 5.88 Å². The quantitative estimate of drug-likeness (QED) is 0.267. The van der Waals surface area contributed by atoms with Gasteiger partial charge in [0, 0.05) is 17.8 Å². The molecule has 2 aromatic carbocycles. The van der Waals surface area contributed by atoms with E-state index < -0.39 is 17.4 Å². The van der Waals surface area contributed by atoms with Crippen molar-refractivity contribution >= 4 is 17.5 Å². The van der Waals surface area contributed by atoms with E-state index in [4.69, 9.17) is 4.99 Å². The van der Waals surface area contributed by atoms with Gasteiger partial charge in [0.15, 0.2) is 11.1 Å². The summed E-state index contributed by atoms with van der Waals surface area (Å²) in [7, 11) is 0. The van der Waals surface area contributed by atoms with Crippen LogP contribution in [0.15, 0.2) is 70.6 Å². The number of nitrogens with one attached hydrogen (secondary N) is 3. The molecular formula is C27H22F3N7O2. The van der Waals surface area contributed by atoms with E-state index in [2.05, 4.69) is 25.4 Å². The Morgan fingerprint density at radius 1 is 1.13 bits per heavy atom. The minimum Gasteiger partial charge on any atom is -0.493 e. The zero-order valence-corrected chi connectivity index (χ0v) is 20.3. The molecule has 9 nitrogen and oxygen atoms in total. The van der Waals surface area contributed by atoms with Crippen LogP contribution < -0.4 is 21.7 Å². The number of imidazole rings is 1. The van der Waals surface area contributed by atoms with Crippen LogP contribution >= 0.6 is 0 Å². The van der Waals surface area contributed by atoms with Crippen molar-refractivity contribution in [1.29, 1.82) is 0 Å². The molecule has 0 spiro atoms. The number of H-pyrrole nitrogens is 2. The molecule has 0 bridgehead atoms. The Balaban J connectivity index is 1.38. The third kappa shape index (κ3) is 5.13. The van der Waals surface area contributed by atoms with Crippen molar-refractivity contribution in [3.05, 3.63) is 98.8 Å². The fourth-order valence-electron chi connectivity index (χ4n) is 4.29. The Hall–Kier alpha value is -4.87. The fraction of sp³-hybridized carbons (Fsp3) is 0.185. The molecule has 4 N–H and O–H groups in total. The first kappa shape index (κ1) is 24.5. The summed E-state index contributed by atoms with van der Waals surface area (Å²) in [6, 6.07) is 14.5. The van der Waals surface area contributed by atoms with Crippen molar-refractivity contribution in [2.75, 3.05) is 5.32 Å². The van der Waals surface area contributed by atoms with Gasteiger partial charge in [-0.3, -0.25) is 9.98 Å². The molecule has 3 aromatic heterocycles. The van der Waals surface area contributed by atoms with Crippen LogP contribution in [-0.4, -0.2) is 35.7 Å². The number of fused-ring (bicyclic) bond motifs is 1. The molecule has 1 fully saturated rings. The van der Waals surface area contributed by atoms with Crippen molar-refractivity contribution in [3.63, 3.8) is 0 Å². The lowest BCUT2D eigenvalue weighted by atomic mass is 9.98. The lowest BCUT2D eigenvalue weighted by Crippen LogP contribution is -2.20. The van der Waals surface area contributed by atoms with Crippen LogP contribution in [0.1, 0.15) is 29.7 Å². The number of hydrogen-bond acceptors (Lipinski definition) is 6. The minimum atomic E-state index is -4.44. The molecule has 0 aliphatic heterocycles. The lowest BCUT2D eigenvalue weighted by molar-refractivity contribution is -0.137. The third-order valence-corrected chi connectivity index (χ3v) is 6.36. The summed E-state index contributed by atoms with van der Waals surface area (Å²) < 4.78 is 41.5. The van der Waals surface area contributed by atoms with Crippen LogP contribution in [0, 0.1) is 0 Å². The molecule has 198 valence electrons. The lowest BCUT2D eigenvalue weighted by Gasteiger charge is -2.13. The van der Waals surface area contributed by atoms with Crippen molar-refractivity contribution in [3.8, 4) is 17.0 Å². The van der Waals surface area contributed by atoms with Crippen molar-refractivity contribution in [2.45, 2.75) is 31.6 Å². The zero-order chi connectivity index (χ0) is 27.1. The Kier molecular flexibility index (Phi) is 5.93. The van der Waals surface area contributed by atoms with Crippen LogP contribution in [0.25, 0.3) is 22.9 Å². The van der Waals surface area contributed by atoms with E-state index in [1.54, 1.807) is 41.1 Å². The van der Waals surface area contributed by atoms with Gasteiger partial charge >= 0.3 is 11.9 Å². The maximum atomic E-state index is 13.3. The smallest absolute Gasteiger partial charge is 0.416 e. The molecule has 1 saturated carbocycles. The number of rotatable bonds is 6. The summed E-state index contributed by atoms with van der Waals surface area (Å²) >= 11 is 0. The van der Waals surface area contributed by atoms with Crippen LogP contribution in [-0.2, 0) is 12.7 Å². The predicted molar refractivity (Wildman–Crippen MR) is 138 cm³/mol.